The lowest BCUT2D eigenvalue weighted by Gasteiger charge is -2.00. The molecule has 1 aromatic heterocycles. The molecule has 1 aromatic rings. The highest BCUT2D eigenvalue weighted by Crippen LogP contribution is 1.88. The van der Waals surface area contributed by atoms with Crippen LogP contribution in [0.1, 0.15) is 0 Å². The van der Waals surface area contributed by atoms with Gasteiger partial charge in [-0.1, -0.05) is 5.10 Å². The predicted octanol–water partition coefficient (Wildman–Crippen LogP) is -2.19. The molecule has 0 spiro atoms. The van der Waals surface area contributed by atoms with E-state index in [1.807, 2.05) is 0 Å². The van der Waals surface area contributed by atoms with Gasteiger partial charge in [-0.2, -0.15) is 5.21 Å². The zero-order chi connectivity index (χ0) is 10.4. The Bertz CT molecular complexity index is 309. The van der Waals surface area contributed by atoms with E-state index in [1.54, 1.807) is 0 Å². The highest BCUT2D eigenvalue weighted by Gasteiger charge is 2.05. The molecule has 0 aliphatic carbocycles. The molecule has 0 fully saturated rings. The zero-order valence-corrected chi connectivity index (χ0v) is 7.02. The second kappa shape index (κ2) is 4.87. The van der Waals surface area contributed by atoms with E-state index < -0.39 is 11.9 Å². The van der Waals surface area contributed by atoms with E-state index in [2.05, 4.69) is 31.3 Å². The van der Waals surface area contributed by atoms with Gasteiger partial charge < -0.3 is 5.11 Å². The van der Waals surface area contributed by atoms with Gasteiger partial charge >= 0.3 is 5.97 Å². The molecule has 0 aromatic carbocycles. The molecule has 9 nitrogen and oxygen atoms in total. The first-order chi connectivity index (χ1) is 6.68. The Hall–Kier alpha value is -2.03. The number of aromatic nitrogens is 4. The minimum atomic E-state index is -1.03. The second-order valence-electron chi connectivity index (χ2n) is 2.28. The van der Waals surface area contributed by atoms with E-state index in [9.17, 15) is 9.59 Å². The summed E-state index contributed by atoms with van der Waals surface area (Å²) in [6, 6.07) is 0. The van der Waals surface area contributed by atoms with Crippen LogP contribution in [0.25, 0.3) is 0 Å². The summed E-state index contributed by atoms with van der Waals surface area (Å²) in [6.07, 6.45) is 0. The van der Waals surface area contributed by atoms with Gasteiger partial charge in [0.2, 0.25) is 5.91 Å². The largest absolute Gasteiger partial charge is 0.480 e. The van der Waals surface area contributed by atoms with Gasteiger partial charge in [0.15, 0.2) is 0 Å². The van der Waals surface area contributed by atoms with E-state index in [0.29, 0.717) is 0 Å². The van der Waals surface area contributed by atoms with E-state index in [4.69, 9.17) is 5.11 Å². The Morgan fingerprint density at radius 1 is 1.43 bits per heavy atom. The second-order valence-corrected chi connectivity index (χ2v) is 2.28. The van der Waals surface area contributed by atoms with Crippen molar-refractivity contribution in [3.05, 3.63) is 0 Å². The normalized spacial score (nSPS) is 9.71. The number of carboxylic acids is 1. The Morgan fingerprint density at radius 3 is 2.79 bits per heavy atom. The van der Waals surface area contributed by atoms with Crippen LogP contribution in [0.15, 0.2) is 0 Å². The summed E-state index contributed by atoms with van der Waals surface area (Å²) in [7, 11) is 0. The number of rotatable bonds is 5. The molecule has 76 valence electrons. The van der Waals surface area contributed by atoms with Gasteiger partial charge in [0, 0.05) is 0 Å². The predicted molar refractivity (Wildman–Crippen MR) is 43.3 cm³/mol. The number of nitrogens with zero attached hydrogens (tertiary/aromatic N) is 3. The first-order valence-electron chi connectivity index (χ1n) is 3.64. The van der Waals surface area contributed by atoms with Crippen molar-refractivity contribution in [1.29, 1.82) is 0 Å². The van der Waals surface area contributed by atoms with Crippen molar-refractivity contribution < 1.29 is 14.7 Å². The minimum Gasteiger partial charge on any atom is -0.480 e. The number of tetrazole rings is 1. The van der Waals surface area contributed by atoms with Gasteiger partial charge in [0.05, 0.1) is 13.1 Å². The van der Waals surface area contributed by atoms with E-state index >= 15 is 0 Å². The number of aromatic amines is 1. The van der Waals surface area contributed by atoms with Crippen LogP contribution >= 0.6 is 0 Å². The lowest BCUT2D eigenvalue weighted by atomic mass is 10.5. The summed E-state index contributed by atoms with van der Waals surface area (Å²) < 4.78 is 0. The molecule has 0 saturated heterocycles. The van der Waals surface area contributed by atoms with Crippen LogP contribution in [-0.4, -0.2) is 50.7 Å². The number of carboxylic acid groups (broad SMARTS) is 1. The number of hydrogen-bond acceptors (Lipinski definition) is 6. The molecule has 4 N–H and O–H groups in total. The molecule has 0 aliphatic rings. The molecule has 0 unspecified atom stereocenters. The first-order valence-corrected chi connectivity index (χ1v) is 3.64. The Balaban J connectivity index is 2.20. The lowest BCUT2D eigenvalue weighted by Crippen LogP contribution is -2.32. The van der Waals surface area contributed by atoms with Crippen LogP contribution in [0.4, 0.5) is 5.95 Å². The minimum absolute atomic E-state index is 0.0483. The molecule has 0 radical (unpaired) electrons. The number of nitrogens with one attached hydrogen (secondary N) is 3. The van der Waals surface area contributed by atoms with Crippen LogP contribution in [0.3, 0.4) is 0 Å². The number of carbonyl (C=O) groups is 2. The Kier molecular flexibility index (Phi) is 3.49. The number of carbonyl (C=O) groups excluding carboxylic acids is 1. The topological polar surface area (TPSA) is 133 Å². The molecule has 0 atom stereocenters. The van der Waals surface area contributed by atoms with E-state index in [-0.39, 0.29) is 19.0 Å². The van der Waals surface area contributed by atoms with Crippen molar-refractivity contribution in [3.8, 4) is 0 Å². The van der Waals surface area contributed by atoms with Gasteiger partial charge in [-0.05, 0) is 5.21 Å². The van der Waals surface area contributed by atoms with Crippen molar-refractivity contribution in [2.24, 2.45) is 0 Å². The Morgan fingerprint density at radius 2 is 2.21 bits per heavy atom. The van der Waals surface area contributed by atoms with Crippen LogP contribution in [0, 0.1) is 0 Å². The van der Waals surface area contributed by atoms with Crippen molar-refractivity contribution in [3.63, 3.8) is 0 Å². The summed E-state index contributed by atoms with van der Waals surface area (Å²) in [4.78, 5) is 21.1. The average molecular weight is 200 g/mol. The Labute approximate surface area is 77.9 Å². The fraction of sp³-hybridized carbons (Fsp3) is 0.400. The van der Waals surface area contributed by atoms with Crippen molar-refractivity contribution >= 4 is 17.8 Å². The third kappa shape index (κ3) is 3.58. The smallest absolute Gasteiger partial charge is 0.317 e. The summed E-state index contributed by atoms with van der Waals surface area (Å²) >= 11 is 0. The van der Waals surface area contributed by atoms with Crippen LogP contribution < -0.4 is 10.6 Å². The third-order valence-corrected chi connectivity index (χ3v) is 1.16. The molecule has 14 heavy (non-hydrogen) atoms. The molecule has 0 saturated carbocycles. The quantitative estimate of drug-likeness (QED) is 0.424. The number of hydrogen-bond donors (Lipinski definition) is 4. The van der Waals surface area contributed by atoms with Gasteiger partial charge in [0.1, 0.15) is 0 Å². The molecular formula is C5H8N6O3. The first kappa shape index (κ1) is 10.1. The maximum absolute atomic E-state index is 11.0. The third-order valence-electron chi connectivity index (χ3n) is 1.16. The number of anilines is 1. The monoisotopic (exact) mass is 200 g/mol. The fourth-order valence-corrected chi connectivity index (χ4v) is 0.667. The molecule has 9 heteroatoms. The SMILES string of the molecule is O=C(O)CNCC(=O)Nc1nn[nH]n1. The summed E-state index contributed by atoms with van der Waals surface area (Å²) in [5, 5.41) is 25.3. The van der Waals surface area contributed by atoms with Gasteiger partial charge in [-0.25, -0.2) is 0 Å². The van der Waals surface area contributed by atoms with Gasteiger partial charge in [0.25, 0.3) is 5.95 Å². The van der Waals surface area contributed by atoms with Gasteiger partial charge in [-0.3, -0.25) is 20.2 Å². The molecule has 1 rings (SSSR count). The summed E-state index contributed by atoms with van der Waals surface area (Å²) in [5.41, 5.74) is 0. The van der Waals surface area contributed by atoms with Crippen LogP contribution in [-0.2, 0) is 9.59 Å². The lowest BCUT2D eigenvalue weighted by molar-refractivity contribution is -0.135. The fourth-order valence-electron chi connectivity index (χ4n) is 0.667. The number of aliphatic carboxylic acids is 1. The highest BCUT2D eigenvalue weighted by molar-refractivity contribution is 5.90. The number of amides is 1. The van der Waals surface area contributed by atoms with Crippen molar-refractivity contribution in [2.45, 2.75) is 0 Å². The summed E-state index contributed by atoms with van der Waals surface area (Å²) in [6.45, 7) is -0.402. The zero-order valence-electron chi connectivity index (χ0n) is 7.02. The van der Waals surface area contributed by atoms with E-state index in [0.717, 1.165) is 0 Å². The molecular weight excluding hydrogens is 192 g/mol. The molecule has 1 heterocycles. The van der Waals surface area contributed by atoms with E-state index in [1.165, 1.54) is 0 Å². The highest BCUT2D eigenvalue weighted by atomic mass is 16.4. The van der Waals surface area contributed by atoms with Crippen molar-refractivity contribution in [1.82, 2.24) is 25.9 Å². The summed E-state index contributed by atoms with van der Waals surface area (Å²) in [5.74, 6) is -1.42. The molecule has 0 bridgehead atoms. The average Bonchev–Trinajstić information content (AvgIpc) is 2.56. The maximum Gasteiger partial charge on any atom is 0.317 e. The van der Waals surface area contributed by atoms with Crippen molar-refractivity contribution in [2.75, 3.05) is 18.4 Å². The maximum atomic E-state index is 11.0. The van der Waals surface area contributed by atoms with Crippen LogP contribution in [0.2, 0.25) is 0 Å². The molecule has 1 amide bonds. The standard InChI is InChI=1S/C5H8N6O3/c12-3(1-6-2-4(13)14)7-5-8-10-11-9-5/h6H,1-2H2,(H,13,14)(H2,7,8,9,10,11,12). The molecule has 0 aliphatic heterocycles. The van der Waals surface area contributed by atoms with Gasteiger partial charge in [-0.15, -0.1) is 5.10 Å². The number of H-pyrrole nitrogens is 1. The van der Waals surface area contributed by atoms with Crippen LogP contribution in [0.5, 0.6) is 0 Å².